The van der Waals surface area contributed by atoms with Crippen molar-refractivity contribution < 1.29 is 4.74 Å². The van der Waals surface area contributed by atoms with E-state index in [1.807, 2.05) is 0 Å². The van der Waals surface area contributed by atoms with E-state index in [0.29, 0.717) is 0 Å². The van der Waals surface area contributed by atoms with Crippen molar-refractivity contribution in [3.8, 4) is 5.75 Å². The van der Waals surface area contributed by atoms with Gasteiger partial charge in [-0.05, 0) is 75.7 Å². The van der Waals surface area contributed by atoms with Gasteiger partial charge in [0.15, 0.2) is 0 Å². The Kier molecular flexibility index (Phi) is 6.56. The van der Waals surface area contributed by atoms with Crippen LogP contribution in [0.1, 0.15) is 64.4 Å². The maximum absolute atomic E-state index is 5.75. The molecule has 2 unspecified atom stereocenters. The average Bonchev–Trinajstić information content (AvgIpc) is 2.48. The molecule has 1 aromatic rings. The van der Waals surface area contributed by atoms with Crippen LogP contribution in [0.5, 0.6) is 5.75 Å². The van der Waals surface area contributed by atoms with E-state index in [-0.39, 0.29) is 6.10 Å². The first-order valence-corrected chi connectivity index (χ1v) is 8.68. The molecule has 1 saturated carbocycles. The fraction of sp³-hybridized carbons (Fsp3) is 0.684. The average molecular weight is 289 g/mol. The minimum absolute atomic E-state index is 0.247. The second-order valence-electron chi connectivity index (χ2n) is 6.59. The highest BCUT2D eigenvalue weighted by Crippen LogP contribution is 2.38. The second kappa shape index (κ2) is 8.43. The molecule has 1 fully saturated rings. The molecule has 0 bridgehead atoms. The first-order chi connectivity index (χ1) is 10.2. The molecule has 2 heteroatoms. The summed E-state index contributed by atoms with van der Waals surface area (Å²) >= 11 is 0. The van der Waals surface area contributed by atoms with Crippen LogP contribution >= 0.6 is 0 Å². The van der Waals surface area contributed by atoms with E-state index in [9.17, 15) is 0 Å². The Morgan fingerprint density at radius 2 is 1.86 bits per heavy atom. The molecule has 0 aliphatic heterocycles. The highest BCUT2D eigenvalue weighted by Gasteiger charge is 2.26. The van der Waals surface area contributed by atoms with Crippen LogP contribution in [0.25, 0.3) is 0 Å². The third-order valence-corrected chi connectivity index (χ3v) is 4.42. The lowest BCUT2D eigenvalue weighted by Gasteiger charge is -2.32. The molecular formula is C19H31NO. The van der Waals surface area contributed by atoms with E-state index in [0.717, 1.165) is 24.1 Å². The Bertz CT molecular complexity index is 399. The Balaban J connectivity index is 1.99. The van der Waals surface area contributed by atoms with Crippen molar-refractivity contribution in [3.05, 3.63) is 29.8 Å². The van der Waals surface area contributed by atoms with Gasteiger partial charge in [0.05, 0.1) is 6.10 Å². The molecule has 118 valence electrons. The summed E-state index contributed by atoms with van der Waals surface area (Å²) in [6.45, 7) is 8.70. The fourth-order valence-electron chi connectivity index (χ4n) is 3.42. The van der Waals surface area contributed by atoms with E-state index in [1.165, 1.54) is 44.2 Å². The smallest absolute Gasteiger partial charge is 0.119 e. The van der Waals surface area contributed by atoms with Crippen LogP contribution in [0.4, 0.5) is 0 Å². The Hall–Kier alpha value is -1.02. The summed E-state index contributed by atoms with van der Waals surface area (Å²) in [4.78, 5) is 0. The second-order valence-corrected chi connectivity index (χ2v) is 6.59. The molecule has 0 radical (unpaired) electrons. The molecule has 1 aliphatic carbocycles. The lowest BCUT2D eigenvalue weighted by atomic mass is 9.75. The normalized spacial score (nSPS) is 22.5. The molecular weight excluding hydrogens is 258 g/mol. The quantitative estimate of drug-likeness (QED) is 0.732. The minimum Gasteiger partial charge on any atom is -0.491 e. The SMILES string of the molecule is CCCNCC1CCCCC1c1ccc(OC(C)C)cc1. The van der Waals surface area contributed by atoms with Crippen molar-refractivity contribution in [2.45, 2.75) is 64.9 Å². The summed E-state index contributed by atoms with van der Waals surface area (Å²) in [5.41, 5.74) is 1.49. The van der Waals surface area contributed by atoms with Crippen LogP contribution < -0.4 is 10.1 Å². The van der Waals surface area contributed by atoms with Crippen molar-refractivity contribution in [1.29, 1.82) is 0 Å². The van der Waals surface area contributed by atoms with Gasteiger partial charge in [-0.1, -0.05) is 31.9 Å². The van der Waals surface area contributed by atoms with E-state index in [2.05, 4.69) is 50.4 Å². The van der Waals surface area contributed by atoms with Crippen LogP contribution in [0.3, 0.4) is 0 Å². The first-order valence-electron chi connectivity index (χ1n) is 8.68. The summed E-state index contributed by atoms with van der Waals surface area (Å²) in [5, 5.41) is 3.62. The Morgan fingerprint density at radius 3 is 2.52 bits per heavy atom. The van der Waals surface area contributed by atoms with Crippen molar-refractivity contribution in [3.63, 3.8) is 0 Å². The number of rotatable bonds is 7. The summed E-state index contributed by atoms with van der Waals surface area (Å²) in [5.74, 6) is 2.50. The predicted octanol–water partition coefficient (Wildman–Crippen LogP) is 4.75. The van der Waals surface area contributed by atoms with Gasteiger partial charge in [-0.3, -0.25) is 0 Å². The predicted molar refractivity (Wildman–Crippen MR) is 90.1 cm³/mol. The van der Waals surface area contributed by atoms with Crippen LogP contribution in [0, 0.1) is 5.92 Å². The lowest BCUT2D eigenvalue weighted by Crippen LogP contribution is -2.30. The molecule has 0 amide bonds. The topological polar surface area (TPSA) is 21.3 Å². The number of nitrogens with one attached hydrogen (secondary N) is 1. The van der Waals surface area contributed by atoms with E-state index < -0.39 is 0 Å². The van der Waals surface area contributed by atoms with Gasteiger partial charge in [-0.2, -0.15) is 0 Å². The summed E-state index contributed by atoms with van der Waals surface area (Å²) in [7, 11) is 0. The van der Waals surface area contributed by atoms with Gasteiger partial charge in [0.1, 0.15) is 5.75 Å². The van der Waals surface area contributed by atoms with Gasteiger partial charge in [0.25, 0.3) is 0 Å². The molecule has 2 atom stereocenters. The van der Waals surface area contributed by atoms with Crippen molar-refractivity contribution in [2.24, 2.45) is 5.92 Å². The van der Waals surface area contributed by atoms with Crippen LogP contribution in [0.2, 0.25) is 0 Å². The van der Waals surface area contributed by atoms with Crippen molar-refractivity contribution in [2.75, 3.05) is 13.1 Å². The third kappa shape index (κ3) is 5.03. The maximum Gasteiger partial charge on any atom is 0.119 e. The highest BCUT2D eigenvalue weighted by molar-refractivity contribution is 5.30. The maximum atomic E-state index is 5.75. The van der Waals surface area contributed by atoms with E-state index >= 15 is 0 Å². The Morgan fingerprint density at radius 1 is 1.14 bits per heavy atom. The highest BCUT2D eigenvalue weighted by atomic mass is 16.5. The van der Waals surface area contributed by atoms with E-state index in [1.54, 1.807) is 0 Å². The zero-order chi connectivity index (χ0) is 15.1. The molecule has 21 heavy (non-hydrogen) atoms. The number of benzene rings is 1. The molecule has 1 N–H and O–H groups in total. The monoisotopic (exact) mass is 289 g/mol. The van der Waals surface area contributed by atoms with Gasteiger partial charge in [0.2, 0.25) is 0 Å². The first kappa shape index (κ1) is 16.4. The van der Waals surface area contributed by atoms with E-state index in [4.69, 9.17) is 4.74 Å². The van der Waals surface area contributed by atoms with Crippen LogP contribution in [-0.2, 0) is 0 Å². The van der Waals surface area contributed by atoms with Gasteiger partial charge < -0.3 is 10.1 Å². The zero-order valence-electron chi connectivity index (χ0n) is 13.9. The van der Waals surface area contributed by atoms with Gasteiger partial charge in [-0.25, -0.2) is 0 Å². The van der Waals surface area contributed by atoms with Crippen molar-refractivity contribution in [1.82, 2.24) is 5.32 Å². The standard InChI is InChI=1S/C19H31NO/c1-4-13-20-14-17-7-5-6-8-19(17)16-9-11-18(12-10-16)21-15(2)3/h9-12,15,17,19-20H,4-8,13-14H2,1-3H3. The number of ether oxygens (including phenoxy) is 1. The molecule has 1 aromatic carbocycles. The zero-order valence-corrected chi connectivity index (χ0v) is 13.9. The molecule has 0 spiro atoms. The minimum atomic E-state index is 0.247. The lowest BCUT2D eigenvalue weighted by molar-refractivity contribution is 0.242. The van der Waals surface area contributed by atoms with Crippen molar-refractivity contribution >= 4 is 0 Å². The van der Waals surface area contributed by atoms with Crippen LogP contribution in [-0.4, -0.2) is 19.2 Å². The summed E-state index contributed by atoms with van der Waals surface area (Å²) in [6, 6.07) is 8.84. The Labute approximate surface area is 130 Å². The third-order valence-electron chi connectivity index (χ3n) is 4.42. The van der Waals surface area contributed by atoms with Gasteiger partial charge >= 0.3 is 0 Å². The summed E-state index contributed by atoms with van der Waals surface area (Å²) < 4.78 is 5.75. The van der Waals surface area contributed by atoms with Crippen LogP contribution in [0.15, 0.2) is 24.3 Å². The molecule has 0 saturated heterocycles. The molecule has 1 aliphatic rings. The molecule has 0 aromatic heterocycles. The number of hydrogen-bond acceptors (Lipinski definition) is 2. The largest absolute Gasteiger partial charge is 0.491 e. The van der Waals surface area contributed by atoms with Gasteiger partial charge in [0, 0.05) is 0 Å². The van der Waals surface area contributed by atoms with Gasteiger partial charge in [-0.15, -0.1) is 0 Å². The molecule has 0 heterocycles. The fourth-order valence-corrected chi connectivity index (χ4v) is 3.42. The molecule has 2 rings (SSSR count). The molecule has 2 nitrogen and oxygen atoms in total. The summed E-state index contributed by atoms with van der Waals surface area (Å²) in [6.07, 6.45) is 6.94. The number of hydrogen-bond donors (Lipinski definition) is 1.